The van der Waals surface area contributed by atoms with Gasteiger partial charge in [0.15, 0.2) is 0 Å². The van der Waals surface area contributed by atoms with E-state index in [4.69, 9.17) is 16.7 Å². The third kappa shape index (κ3) is 2.70. The van der Waals surface area contributed by atoms with Gasteiger partial charge in [-0.2, -0.15) is 8.42 Å². The summed E-state index contributed by atoms with van der Waals surface area (Å²) in [5.41, 5.74) is 1.11. The lowest BCUT2D eigenvalue weighted by Crippen LogP contribution is -2.15. The van der Waals surface area contributed by atoms with E-state index in [1.165, 1.54) is 0 Å². The summed E-state index contributed by atoms with van der Waals surface area (Å²) in [4.78, 5) is 4.12. The van der Waals surface area contributed by atoms with Gasteiger partial charge in [-0.25, -0.2) is 10.1 Å². The van der Waals surface area contributed by atoms with Crippen LogP contribution in [0.2, 0.25) is 5.02 Å². The van der Waals surface area contributed by atoms with Crippen LogP contribution in [0.25, 0.3) is 5.65 Å². The van der Waals surface area contributed by atoms with Gasteiger partial charge in [-0.1, -0.05) is 11.6 Å². The molecule has 6 nitrogen and oxygen atoms in total. The van der Waals surface area contributed by atoms with Gasteiger partial charge >= 0.3 is 10.3 Å². The Balaban J connectivity index is 2.26. The van der Waals surface area contributed by atoms with Crippen molar-refractivity contribution in [3.8, 4) is 0 Å². The number of rotatable bonds is 3. The van der Waals surface area contributed by atoms with E-state index in [2.05, 4.69) is 9.17 Å². The minimum atomic E-state index is -3.94. The van der Waals surface area contributed by atoms with Crippen molar-refractivity contribution in [1.82, 2.24) is 9.38 Å². The molecular formula is C8H8ClN3O3S. The predicted molar refractivity (Wildman–Crippen MR) is 58.1 cm³/mol. The molecule has 0 fully saturated rings. The van der Waals surface area contributed by atoms with Crippen molar-refractivity contribution >= 4 is 27.6 Å². The SMILES string of the molecule is NS(=O)(=O)OCc1cn2cc(Cl)ccc2n1. The summed E-state index contributed by atoms with van der Waals surface area (Å²) in [6.07, 6.45) is 3.27. The van der Waals surface area contributed by atoms with Crippen LogP contribution in [0.5, 0.6) is 0 Å². The van der Waals surface area contributed by atoms with Crippen LogP contribution in [0, 0.1) is 0 Å². The van der Waals surface area contributed by atoms with Crippen molar-refractivity contribution in [2.45, 2.75) is 6.61 Å². The van der Waals surface area contributed by atoms with Gasteiger partial charge in [0.2, 0.25) is 0 Å². The fraction of sp³-hybridized carbons (Fsp3) is 0.125. The summed E-state index contributed by atoms with van der Waals surface area (Å²) < 4.78 is 27.2. The lowest BCUT2D eigenvalue weighted by molar-refractivity contribution is 0.305. The van der Waals surface area contributed by atoms with Crippen LogP contribution in [-0.4, -0.2) is 17.8 Å². The molecule has 0 aliphatic heterocycles. The Kier molecular flexibility index (Phi) is 2.85. The largest absolute Gasteiger partial charge is 0.333 e. The first kappa shape index (κ1) is 11.3. The zero-order valence-electron chi connectivity index (χ0n) is 8.00. The molecule has 0 unspecified atom stereocenters. The highest BCUT2D eigenvalue weighted by molar-refractivity contribution is 7.84. The van der Waals surface area contributed by atoms with Gasteiger partial charge in [0.05, 0.1) is 10.7 Å². The molecule has 2 aromatic heterocycles. The normalized spacial score (nSPS) is 12.1. The zero-order chi connectivity index (χ0) is 11.8. The topological polar surface area (TPSA) is 86.7 Å². The minimum absolute atomic E-state index is 0.196. The number of halogens is 1. The third-order valence-corrected chi connectivity index (χ3v) is 2.51. The first-order valence-corrected chi connectivity index (χ1v) is 6.09. The molecule has 2 N–H and O–H groups in total. The molecule has 2 aromatic rings. The van der Waals surface area contributed by atoms with Gasteiger partial charge < -0.3 is 4.40 Å². The standard InChI is InChI=1S/C8H8ClN3O3S/c9-6-1-2-8-11-7(4-12(8)3-6)5-15-16(10,13)14/h1-4H,5H2,(H2,10,13,14). The molecule has 2 heterocycles. The molecule has 0 spiro atoms. The van der Waals surface area contributed by atoms with Crippen LogP contribution in [-0.2, 0) is 21.1 Å². The highest BCUT2D eigenvalue weighted by atomic mass is 35.5. The van der Waals surface area contributed by atoms with E-state index in [0.717, 1.165) is 0 Å². The average Bonchev–Trinajstić information content (AvgIpc) is 2.55. The van der Waals surface area contributed by atoms with E-state index in [9.17, 15) is 8.42 Å². The Hall–Kier alpha value is -1.15. The maximum absolute atomic E-state index is 10.6. The summed E-state index contributed by atoms with van der Waals surface area (Å²) in [6.45, 7) is -0.196. The maximum atomic E-state index is 10.6. The molecule has 0 saturated heterocycles. The first-order valence-electron chi connectivity index (χ1n) is 4.24. The Labute approximate surface area is 96.9 Å². The fourth-order valence-electron chi connectivity index (χ4n) is 1.23. The highest BCUT2D eigenvalue weighted by Gasteiger charge is 2.06. The number of fused-ring (bicyclic) bond motifs is 1. The molecule has 2 rings (SSSR count). The summed E-state index contributed by atoms with van der Waals surface area (Å²) in [5.74, 6) is 0. The average molecular weight is 262 g/mol. The number of aromatic nitrogens is 2. The Morgan fingerprint density at radius 1 is 1.44 bits per heavy atom. The number of hydrogen-bond donors (Lipinski definition) is 1. The zero-order valence-corrected chi connectivity index (χ0v) is 9.57. The predicted octanol–water partition coefficient (Wildman–Crippen LogP) is 0.708. The Morgan fingerprint density at radius 2 is 2.19 bits per heavy atom. The van der Waals surface area contributed by atoms with Gasteiger partial charge in [0, 0.05) is 12.4 Å². The molecule has 0 aliphatic carbocycles. The van der Waals surface area contributed by atoms with Crippen LogP contribution in [0.4, 0.5) is 0 Å². The van der Waals surface area contributed by atoms with Gasteiger partial charge in [-0.3, -0.25) is 4.18 Å². The molecule has 86 valence electrons. The summed E-state index contributed by atoms with van der Waals surface area (Å²) in [5, 5.41) is 5.26. The molecule has 16 heavy (non-hydrogen) atoms. The molecule has 0 aliphatic rings. The molecule has 0 amide bonds. The van der Waals surface area contributed by atoms with Crippen molar-refractivity contribution in [2.24, 2.45) is 5.14 Å². The quantitative estimate of drug-likeness (QED) is 0.881. The van der Waals surface area contributed by atoms with E-state index in [1.54, 1.807) is 28.9 Å². The van der Waals surface area contributed by atoms with Crippen LogP contribution in [0.15, 0.2) is 24.5 Å². The van der Waals surface area contributed by atoms with Crippen LogP contribution < -0.4 is 5.14 Å². The van der Waals surface area contributed by atoms with E-state index < -0.39 is 10.3 Å². The summed E-state index contributed by atoms with van der Waals surface area (Å²) in [6, 6.07) is 3.40. The van der Waals surface area contributed by atoms with Gasteiger partial charge in [-0.15, -0.1) is 0 Å². The molecule has 0 radical (unpaired) electrons. The second kappa shape index (κ2) is 4.02. The van der Waals surface area contributed by atoms with Crippen molar-refractivity contribution in [3.63, 3.8) is 0 Å². The van der Waals surface area contributed by atoms with E-state index in [1.807, 2.05) is 0 Å². The van der Waals surface area contributed by atoms with E-state index in [-0.39, 0.29) is 6.61 Å². The molecule has 8 heteroatoms. The Bertz CT molecular complexity index is 622. The molecule has 0 aromatic carbocycles. The van der Waals surface area contributed by atoms with E-state index in [0.29, 0.717) is 16.4 Å². The van der Waals surface area contributed by atoms with Crippen molar-refractivity contribution in [3.05, 3.63) is 35.2 Å². The van der Waals surface area contributed by atoms with Crippen LogP contribution >= 0.6 is 11.6 Å². The van der Waals surface area contributed by atoms with Gasteiger partial charge in [0.1, 0.15) is 12.3 Å². The number of nitrogens with two attached hydrogens (primary N) is 1. The minimum Gasteiger partial charge on any atom is -0.305 e. The molecule has 0 atom stereocenters. The summed E-state index contributed by atoms with van der Waals surface area (Å²) in [7, 11) is -3.94. The second-order valence-electron chi connectivity index (χ2n) is 3.10. The monoisotopic (exact) mass is 261 g/mol. The molecular weight excluding hydrogens is 254 g/mol. The number of hydrogen-bond acceptors (Lipinski definition) is 4. The summed E-state index contributed by atoms with van der Waals surface area (Å²) >= 11 is 5.78. The molecule has 0 saturated carbocycles. The van der Waals surface area contributed by atoms with Gasteiger partial charge in [-0.05, 0) is 12.1 Å². The van der Waals surface area contributed by atoms with Crippen molar-refractivity contribution in [2.75, 3.05) is 0 Å². The smallest absolute Gasteiger partial charge is 0.305 e. The maximum Gasteiger partial charge on any atom is 0.333 e. The van der Waals surface area contributed by atoms with Crippen molar-refractivity contribution < 1.29 is 12.6 Å². The fourth-order valence-corrected chi connectivity index (χ4v) is 1.68. The first-order chi connectivity index (χ1) is 7.44. The number of imidazole rings is 1. The molecule has 0 bridgehead atoms. The number of pyridine rings is 1. The van der Waals surface area contributed by atoms with Crippen LogP contribution in [0.3, 0.4) is 0 Å². The third-order valence-electron chi connectivity index (χ3n) is 1.84. The number of nitrogens with zero attached hydrogens (tertiary/aromatic N) is 2. The van der Waals surface area contributed by atoms with Crippen molar-refractivity contribution in [1.29, 1.82) is 0 Å². The highest BCUT2D eigenvalue weighted by Crippen LogP contribution is 2.12. The Morgan fingerprint density at radius 3 is 2.88 bits per heavy atom. The van der Waals surface area contributed by atoms with E-state index >= 15 is 0 Å². The second-order valence-corrected chi connectivity index (χ2v) is 4.76. The van der Waals surface area contributed by atoms with Gasteiger partial charge in [0.25, 0.3) is 0 Å². The van der Waals surface area contributed by atoms with Crippen LogP contribution in [0.1, 0.15) is 5.69 Å². The lowest BCUT2D eigenvalue weighted by atomic mass is 10.5. The lowest BCUT2D eigenvalue weighted by Gasteiger charge is -1.95.